The zero-order valence-corrected chi connectivity index (χ0v) is 16.4. The van der Waals surface area contributed by atoms with E-state index in [0.29, 0.717) is 11.3 Å². The molecule has 1 aliphatic rings. The summed E-state index contributed by atoms with van der Waals surface area (Å²) in [5.41, 5.74) is 2.08. The highest BCUT2D eigenvalue weighted by molar-refractivity contribution is 7.99. The van der Waals surface area contributed by atoms with Crippen molar-refractivity contribution in [1.82, 2.24) is 0 Å². The molecule has 0 aliphatic carbocycles. The Kier molecular flexibility index (Phi) is 6.01. The van der Waals surface area contributed by atoms with Gasteiger partial charge in [-0.25, -0.2) is 0 Å². The van der Waals surface area contributed by atoms with Crippen LogP contribution in [0.4, 0.5) is 5.69 Å². The fourth-order valence-electron chi connectivity index (χ4n) is 2.58. The number of thioether (sulfide) groups is 1. The Balaban J connectivity index is 1.46. The predicted octanol–water partition coefficient (Wildman–Crippen LogP) is 3.58. The number of amides is 1. The number of carbonyl (C=O) groups is 3. The molecule has 0 N–H and O–H groups in total. The van der Waals surface area contributed by atoms with E-state index < -0.39 is 5.97 Å². The van der Waals surface area contributed by atoms with E-state index in [1.807, 2.05) is 12.1 Å². The molecule has 136 valence electrons. The summed E-state index contributed by atoms with van der Waals surface area (Å²) < 4.78 is 5.77. The van der Waals surface area contributed by atoms with E-state index in [-0.39, 0.29) is 30.5 Å². The normalized spacial score (nSPS) is 13.0. The lowest BCUT2D eigenvalue weighted by Crippen LogP contribution is -2.20. The number of anilines is 1. The summed E-state index contributed by atoms with van der Waals surface area (Å²) in [6, 6.07) is 8.84. The van der Waals surface area contributed by atoms with Crippen molar-refractivity contribution in [2.45, 2.75) is 12.2 Å². The van der Waals surface area contributed by atoms with E-state index in [2.05, 4.69) is 0 Å². The summed E-state index contributed by atoms with van der Waals surface area (Å²) in [7, 11) is 1.71. The lowest BCUT2D eigenvalue weighted by atomic mass is 10.1. The second-order valence-electron chi connectivity index (χ2n) is 5.76. The number of benzene rings is 1. The van der Waals surface area contributed by atoms with E-state index in [4.69, 9.17) is 16.3 Å². The van der Waals surface area contributed by atoms with Crippen LogP contribution in [0.2, 0.25) is 4.34 Å². The number of thiophene rings is 1. The molecule has 1 aliphatic heterocycles. The maximum absolute atomic E-state index is 12.2. The SMILES string of the molecule is CN1C(=O)Cc2cc(C(=O)COC(=O)CSCc3ccc(Cl)s3)ccc21. The molecular weight excluding hydrogens is 394 g/mol. The third-order valence-corrected chi connectivity index (χ3v) is 6.30. The van der Waals surface area contributed by atoms with Crippen molar-refractivity contribution in [3.8, 4) is 0 Å². The van der Waals surface area contributed by atoms with Crippen LogP contribution in [0.5, 0.6) is 0 Å². The van der Waals surface area contributed by atoms with Crippen molar-refractivity contribution in [2.75, 3.05) is 24.3 Å². The monoisotopic (exact) mass is 409 g/mol. The fourth-order valence-corrected chi connectivity index (χ4v) is 4.60. The summed E-state index contributed by atoms with van der Waals surface area (Å²) >= 11 is 8.75. The van der Waals surface area contributed by atoms with Crippen LogP contribution in [0.3, 0.4) is 0 Å². The number of fused-ring (bicyclic) bond motifs is 1. The van der Waals surface area contributed by atoms with Crippen LogP contribution in [0.15, 0.2) is 30.3 Å². The third kappa shape index (κ3) is 4.47. The number of nitrogens with zero attached hydrogens (tertiary/aromatic N) is 1. The minimum atomic E-state index is -0.429. The summed E-state index contributed by atoms with van der Waals surface area (Å²) in [6.45, 7) is -0.299. The lowest BCUT2D eigenvalue weighted by molar-refractivity contribution is -0.139. The maximum atomic E-state index is 12.2. The van der Waals surface area contributed by atoms with E-state index in [0.717, 1.165) is 20.5 Å². The molecule has 1 aromatic carbocycles. The van der Waals surface area contributed by atoms with E-state index >= 15 is 0 Å². The molecule has 0 fully saturated rings. The molecule has 0 radical (unpaired) electrons. The molecular formula is C18H16ClNO4S2. The summed E-state index contributed by atoms with van der Waals surface area (Å²) in [4.78, 5) is 38.3. The van der Waals surface area contributed by atoms with Gasteiger partial charge in [-0.15, -0.1) is 23.1 Å². The summed E-state index contributed by atoms with van der Waals surface area (Å²) in [6.07, 6.45) is 0.288. The molecule has 0 saturated carbocycles. The first-order valence-corrected chi connectivity index (χ1v) is 10.2. The third-order valence-electron chi connectivity index (χ3n) is 3.94. The Hall–Kier alpha value is -1.83. The van der Waals surface area contributed by atoms with Gasteiger partial charge in [-0.05, 0) is 35.9 Å². The first kappa shape index (κ1) is 18.9. The number of Topliss-reactive ketones (excluding diaryl/α,β-unsaturated/α-hetero) is 1. The zero-order chi connectivity index (χ0) is 18.7. The molecule has 26 heavy (non-hydrogen) atoms. The molecule has 0 spiro atoms. The van der Waals surface area contributed by atoms with Gasteiger partial charge in [0.05, 0.1) is 16.5 Å². The number of hydrogen-bond acceptors (Lipinski definition) is 6. The molecule has 3 rings (SSSR count). The summed E-state index contributed by atoms with van der Waals surface area (Å²) in [5, 5.41) is 0. The number of halogens is 1. The van der Waals surface area contributed by atoms with Crippen molar-refractivity contribution in [1.29, 1.82) is 0 Å². The molecule has 1 aromatic heterocycles. The van der Waals surface area contributed by atoms with Crippen LogP contribution in [0.25, 0.3) is 0 Å². The van der Waals surface area contributed by atoms with E-state index in [1.54, 1.807) is 30.1 Å². The zero-order valence-electron chi connectivity index (χ0n) is 14.0. The maximum Gasteiger partial charge on any atom is 0.316 e. The van der Waals surface area contributed by atoms with Gasteiger partial charge < -0.3 is 9.64 Å². The quantitative estimate of drug-likeness (QED) is 0.516. The Morgan fingerprint density at radius 3 is 2.85 bits per heavy atom. The molecule has 0 unspecified atom stereocenters. The van der Waals surface area contributed by atoms with Crippen LogP contribution in [0, 0.1) is 0 Å². The van der Waals surface area contributed by atoms with Crippen LogP contribution < -0.4 is 4.90 Å². The lowest BCUT2D eigenvalue weighted by Gasteiger charge is -2.10. The number of ether oxygens (including phenoxy) is 1. The standard InChI is InChI=1S/C18H16ClNO4S2/c1-20-14-4-2-11(6-12(14)7-17(20)22)15(21)8-24-18(23)10-25-9-13-3-5-16(19)26-13/h2-6H,7-10H2,1H3. The highest BCUT2D eigenvalue weighted by Gasteiger charge is 2.24. The number of esters is 1. The van der Waals surface area contributed by atoms with E-state index in [1.165, 1.54) is 23.1 Å². The van der Waals surface area contributed by atoms with Gasteiger partial charge in [0.15, 0.2) is 12.4 Å². The van der Waals surface area contributed by atoms with Gasteiger partial charge >= 0.3 is 5.97 Å². The van der Waals surface area contributed by atoms with Gasteiger partial charge in [-0.1, -0.05) is 11.6 Å². The van der Waals surface area contributed by atoms with Crippen LogP contribution >= 0.6 is 34.7 Å². The second kappa shape index (κ2) is 8.24. The number of hydrogen-bond donors (Lipinski definition) is 0. The minimum absolute atomic E-state index is 0.0000738. The highest BCUT2D eigenvalue weighted by Crippen LogP contribution is 2.28. The largest absolute Gasteiger partial charge is 0.457 e. The smallest absolute Gasteiger partial charge is 0.316 e. The number of rotatable bonds is 7. The topological polar surface area (TPSA) is 63.7 Å². The molecule has 8 heteroatoms. The highest BCUT2D eigenvalue weighted by atomic mass is 35.5. The molecule has 2 aromatic rings. The molecule has 5 nitrogen and oxygen atoms in total. The Morgan fingerprint density at radius 1 is 1.31 bits per heavy atom. The van der Waals surface area contributed by atoms with Crippen molar-refractivity contribution in [3.63, 3.8) is 0 Å². The number of likely N-dealkylation sites (N-methyl/N-ethyl adjacent to an activating group) is 1. The van der Waals surface area contributed by atoms with Gasteiger partial charge in [-0.2, -0.15) is 0 Å². The van der Waals surface area contributed by atoms with Crippen molar-refractivity contribution in [2.24, 2.45) is 0 Å². The molecule has 2 heterocycles. The Morgan fingerprint density at radius 2 is 2.12 bits per heavy atom. The first-order chi connectivity index (χ1) is 12.4. The molecule has 0 atom stereocenters. The van der Waals surface area contributed by atoms with E-state index in [9.17, 15) is 14.4 Å². The summed E-state index contributed by atoms with van der Waals surface area (Å²) in [5.74, 6) is 0.138. The van der Waals surface area contributed by atoms with Crippen LogP contribution in [-0.4, -0.2) is 37.1 Å². The minimum Gasteiger partial charge on any atom is -0.457 e. The fraction of sp³-hybridized carbons (Fsp3) is 0.278. The Labute approximate surface area is 164 Å². The average molecular weight is 410 g/mol. The van der Waals surface area contributed by atoms with Crippen LogP contribution in [-0.2, 0) is 26.5 Å². The van der Waals surface area contributed by atoms with Gasteiger partial charge in [0.25, 0.3) is 0 Å². The van der Waals surface area contributed by atoms with Crippen molar-refractivity contribution in [3.05, 3.63) is 50.7 Å². The Bertz CT molecular complexity index is 865. The number of carbonyl (C=O) groups excluding carboxylic acids is 3. The molecule has 1 amide bonds. The number of ketones is 1. The van der Waals surface area contributed by atoms with Gasteiger partial charge in [0.2, 0.25) is 5.91 Å². The second-order valence-corrected chi connectivity index (χ2v) is 8.54. The van der Waals surface area contributed by atoms with Crippen molar-refractivity contribution < 1.29 is 19.1 Å². The predicted molar refractivity (Wildman–Crippen MR) is 104 cm³/mol. The average Bonchev–Trinajstić information content (AvgIpc) is 3.15. The van der Waals surface area contributed by atoms with Gasteiger partial charge in [-0.3, -0.25) is 14.4 Å². The molecule has 0 saturated heterocycles. The first-order valence-electron chi connectivity index (χ1n) is 7.84. The van der Waals surface area contributed by atoms with Gasteiger partial charge in [0.1, 0.15) is 0 Å². The molecule has 0 bridgehead atoms. The van der Waals surface area contributed by atoms with Crippen molar-refractivity contribution >= 4 is 58.0 Å². The van der Waals surface area contributed by atoms with Crippen LogP contribution in [0.1, 0.15) is 20.8 Å². The van der Waals surface area contributed by atoms with Gasteiger partial charge in [0, 0.05) is 28.9 Å².